The number of nitrogens with one attached hydrogen (secondary N) is 1. The largest absolute Gasteiger partial charge is 0.466 e. The van der Waals surface area contributed by atoms with Crippen LogP contribution in [0.2, 0.25) is 0 Å². The maximum absolute atomic E-state index is 11.9. The van der Waals surface area contributed by atoms with Crippen LogP contribution in [0.15, 0.2) is 42.5 Å². The van der Waals surface area contributed by atoms with Crippen LogP contribution < -0.4 is 5.32 Å². The smallest absolute Gasteiger partial charge is 0.331 e. The highest BCUT2D eigenvalue weighted by molar-refractivity contribution is 5.91. The Morgan fingerprint density at radius 3 is 2.26 bits per heavy atom. The van der Waals surface area contributed by atoms with E-state index in [1.807, 2.05) is 30.3 Å². The Bertz CT molecular complexity index is 566. The predicted octanol–water partition coefficient (Wildman–Crippen LogP) is 1.77. The Kier molecular flexibility index (Phi) is 7.53. The number of carbonyl (C=O) groups excluding carboxylic acids is 3. The maximum Gasteiger partial charge on any atom is 0.331 e. The van der Waals surface area contributed by atoms with Crippen LogP contribution in [-0.4, -0.2) is 31.6 Å². The van der Waals surface area contributed by atoms with E-state index < -0.39 is 18.0 Å². The molecule has 23 heavy (non-hydrogen) atoms. The summed E-state index contributed by atoms with van der Waals surface area (Å²) in [6, 6.07) is 8.75. The van der Waals surface area contributed by atoms with Gasteiger partial charge in [0.2, 0.25) is 5.91 Å². The maximum atomic E-state index is 11.9. The minimum absolute atomic E-state index is 0.0349. The monoisotopic (exact) mass is 319 g/mol. The Labute approximate surface area is 135 Å². The highest BCUT2D eigenvalue weighted by Gasteiger charge is 2.18. The molecule has 1 rings (SSSR count). The summed E-state index contributed by atoms with van der Waals surface area (Å²) < 4.78 is 9.47. The van der Waals surface area contributed by atoms with E-state index in [0.717, 1.165) is 17.7 Å². The van der Waals surface area contributed by atoms with E-state index in [9.17, 15) is 14.4 Å². The van der Waals surface area contributed by atoms with E-state index in [2.05, 4.69) is 10.1 Å². The summed E-state index contributed by atoms with van der Waals surface area (Å²) >= 11 is 0. The minimum Gasteiger partial charge on any atom is -0.466 e. The van der Waals surface area contributed by atoms with Gasteiger partial charge in [0, 0.05) is 18.1 Å². The van der Waals surface area contributed by atoms with Crippen LogP contribution >= 0.6 is 0 Å². The van der Waals surface area contributed by atoms with Gasteiger partial charge in [-0.1, -0.05) is 44.2 Å². The van der Waals surface area contributed by atoms with Crippen molar-refractivity contribution in [3.8, 4) is 0 Å². The van der Waals surface area contributed by atoms with Crippen LogP contribution in [0.4, 0.5) is 0 Å². The van der Waals surface area contributed by atoms with Crippen molar-refractivity contribution in [2.45, 2.75) is 19.9 Å². The minimum atomic E-state index is -0.685. The molecule has 1 atom stereocenters. The zero-order valence-corrected chi connectivity index (χ0v) is 13.4. The Morgan fingerprint density at radius 2 is 1.70 bits per heavy atom. The third kappa shape index (κ3) is 6.78. The van der Waals surface area contributed by atoms with Gasteiger partial charge in [0.25, 0.3) is 0 Å². The van der Waals surface area contributed by atoms with Gasteiger partial charge < -0.3 is 14.8 Å². The van der Waals surface area contributed by atoms with Crippen molar-refractivity contribution < 1.29 is 23.9 Å². The quantitative estimate of drug-likeness (QED) is 0.612. The van der Waals surface area contributed by atoms with Crippen molar-refractivity contribution in [1.29, 1.82) is 0 Å². The molecule has 0 fully saturated rings. The fourth-order valence-corrected chi connectivity index (χ4v) is 1.66. The number of benzene rings is 1. The third-order valence-corrected chi connectivity index (χ3v) is 2.99. The third-order valence-electron chi connectivity index (χ3n) is 2.99. The first-order valence-corrected chi connectivity index (χ1v) is 7.22. The molecule has 0 saturated carbocycles. The van der Waals surface area contributed by atoms with Crippen LogP contribution in [0.25, 0.3) is 0 Å². The first-order chi connectivity index (χ1) is 10.9. The lowest BCUT2D eigenvalue weighted by Crippen LogP contribution is -2.34. The molecule has 124 valence electrons. The molecule has 0 aliphatic heterocycles. The zero-order valence-electron chi connectivity index (χ0n) is 13.4. The molecule has 0 saturated heterocycles. The molecule has 6 heteroatoms. The molecule has 1 aromatic rings. The Morgan fingerprint density at radius 1 is 1.09 bits per heavy atom. The number of hydrogen-bond donors (Lipinski definition) is 1. The molecule has 0 aromatic heterocycles. The van der Waals surface area contributed by atoms with E-state index in [-0.39, 0.29) is 18.4 Å². The molecule has 6 nitrogen and oxygen atoms in total. The van der Waals surface area contributed by atoms with Gasteiger partial charge in [-0.2, -0.15) is 0 Å². The molecule has 0 bridgehead atoms. The van der Waals surface area contributed by atoms with Crippen LogP contribution in [0, 0.1) is 5.92 Å². The van der Waals surface area contributed by atoms with Crippen molar-refractivity contribution in [1.82, 2.24) is 5.32 Å². The van der Waals surface area contributed by atoms with Gasteiger partial charge in [-0.25, -0.2) is 9.59 Å². The molecule has 1 N–H and O–H groups in total. The Hall–Kier alpha value is -2.63. The van der Waals surface area contributed by atoms with Crippen LogP contribution in [-0.2, 0) is 23.9 Å². The van der Waals surface area contributed by atoms with Crippen LogP contribution in [0.1, 0.15) is 25.5 Å². The summed E-state index contributed by atoms with van der Waals surface area (Å²) in [6.45, 7) is 3.53. The number of carbonyl (C=O) groups is 3. The number of methoxy groups -OCH3 is 1. The molecule has 1 amide bonds. The van der Waals surface area contributed by atoms with E-state index in [4.69, 9.17) is 4.74 Å². The number of ether oxygens (including phenoxy) is 2. The molecule has 0 aliphatic carbocycles. The summed E-state index contributed by atoms with van der Waals surface area (Å²) in [5.41, 5.74) is 0.825. The fraction of sp³-hybridized carbons (Fsp3) is 0.353. The van der Waals surface area contributed by atoms with Crippen molar-refractivity contribution >= 4 is 17.8 Å². The molecule has 1 aromatic carbocycles. The van der Waals surface area contributed by atoms with Crippen molar-refractivity contribution in [2.24, 2.45) is 5.92 Å². The van der Waals surface area contributed by atoms with Gasteiger partial charge in [-0.15, -0.1) is 0 Å². The summed E-state index contributed by atoms with van der Waals surface area (Å²) in [6.07, 6.45) is 1.96. The van der Waals surface area contributed by atoms with Crippen molar-refractivity contribution in [2.75, 3.05) is 13.7 Å². The first-order valence-electron chi connectivity index (χ1n) is 7.22. The average molecular weight is 319 g/mol. The predicted molar refractivity (Wildman–Crippen MR) is 84.3 cm³/mol. The number of esters is 2. The lowest BCUT2D eigenvalue weighted by atomic mass is 10.1. The van der Waals surface area contributed by atoms with Crippen molar-refractivity contribution in [3.05, 3.63) is 48.0 Å². The van der Waals surface area contributed by atoms with Gasteiger partial charge >= 0.3 is 11.9 Å². The van der Waals surface area contributed by atoms with Crippen LogP contribution in [0.5, 0.6) is 0 Å². The van der Waals surface area contributed by atoms with E-state index in [0.29, 0.717) is 0 Å². The molecule has 0 radical (unpaired) electrons. The topological polar surface area (TPSA) is 81.7 Å². The SMILES string of the molecule is COC(=O)C=CC(=O)OC[C@H](NC(=O)C(C)C)c1ccccc1. The van der Waals surface area contributed by atoms with Gasteiger partial charge in [0.05, 0.1) is 13.2 Å². The zero-order chi connectivity index (χ0) is 17.2. The number of hydrogen-bond acceptors (Lipinski definition) is 5. The second-order valence-electron chi connectivity index (χ2n) is 5.11. The molecule has 0 spiro atoms. The Balaban J connectivity index is 2.70. The van der Waals surface area contributed by atoms with Crippen LogP contribution in [0.3, 0.4) is 0 Å². The van der Waals surface area contributed by atoms with Gasteiger partial charge in [-0.3, -0.25) is 4.79 Å². The first kappa shape index (κ1) is 18.4. The average Bonchev–Trinajstić information content (AvgIpc) is 2.56. The second kappa shape index (κ2) is 9.40. The summed E-state index contributed by atoms with van der Waals surface area (Å²) in [5, 5.41) is 2.83. The molecule has 0 heterocycles. The molecule has 0 unspecified atom stereocenters. The van der Waals surface area contributed by atoms with E-state index in [1.54, 1.807) is 13.8 Å². The van der Waals surface area contributed by atoms with Gasteiger partial charge in [-0.05, 0) is 5.56 Å². The second-order valence-corrected chi connectivity index (χ2v) is 5.11. The number of rotatable bonds is 7. The van der Waals surface area contributed by atoms with E-state index >= 15 is 0 Å². The summed E-state index contributed by atoms with van der Waals surface area (Å²) in [4.78, 5) is 34.4. The lowest BCUT2D eigenvalue weighted by molar-refractivity contribution is -0.140. The van der Waals surface area contributed by atoms with Crippen molar-refractivity contribution in [3.63, 3.8) is 0 Å². The lowest BCUT2D eigenvalue weighted by Gasteiger charge is -2.20. The normalized spacial score (nSPS) is 12.0. The summed E-state index contributed by atoms with van der Waals surface area (Å²) in [7, 11) is 1.21. The fourth-order valence-electron chi connectivity index (χ4n) is 1.66. The molecular formula is C17H21NO5. The molecule has 0 aliphatic rings. The molecular weight excluding hydrogens is 298 g/mol. The highest BCUT2D eigenvalue weighted by atomic mass is 16.5. The summed E-state index contributed by atoms with van der Waals surface area (Å²) in [5.74, 6) is -1.65. The highest BCUT2D eigenvalue weighted by Crippen LogP contribution is 2.14. The number of amides is 1. The standard InChI is InChI=1S/C17H21NO5/c1-12(2)17(21)18-14(13-7-5-4-6-8-13)11-23-16(20)10-9-15(19)22-3/h4-10,12,14H,11H2,1-3H3,(H,18,21)/t14-/m0/s1. The van der Waals surface area contributed by atoms with Gasteiger partial charge in [0.15, 0.2) is 0 Å². The van der Waals surface area contributed by atoms with Gasteiger partial charge in [0.1, 0.15) is 6.61 Å². The van der Waals surface area contributed by atoms with E-state index in [1.165, 1.54) is 7.11 Å².